The molecule has 3 aromatic rings. The Hall–Kier alpha value is -2.62. The van der Waals surface area contributed by atoms with Crippen LogP contribution in [0.1, 0.15) is 34.1 Å². The molecule has 0 saturated heterocycles. The Bertz CT molecular complexity index is 849. The Kier molecular flexibility index (Phi) is 3.67. The normalized spacial score (nSPS) is 10.9. The minimum Gasteiger partial charge on any atom is -0.321 e. The minimum absolute atomic E-state index is 0.125. The number of amides is 1. The number of carbonyl (C=O) groups is 1. The number of hydrogen-bond acceptors (Lipinski definition) is 2. The summed E-state index contributed by atoms with van der Waals surface area (Å²) in [6, 6.07) is 9.74. The van der Waals surface area contributed by atoms with Crippen LogP contribution in [0.5, 0.6) is 0 Å². The quantitative estimate of drug-likeness (QED) is 0.799. The van der Waals surface area contributed by atoms with Crippen molar-refractivity contribution in [2.45, 2.75) is 27.2 Å². The molecule has 0 bridgehead atoms. The van der Waals surface area contributed by atoms with Crippen molar-refractivity contribution in [1.29, 1.82) is 0 Å². The van der Waals surface area contributed by atoms with Gasteiger partial charge in [0.1, 0.15) is 5.65 Å². The Morgan fingerprint density at radius 3 is 2.82 bits per heavy atom. The Balaban J connectivity index is 2.01. The van der Waals surface area contributed by atoms with Crippen LogP contribution in [0, 0.1) is 13.8 Å². The van der Waals surface area contributed by atoms with Gasteiger partial charge in [0.25, 0.3) is 5.91 Å². The fraction of sp³-hybridized carbons (Fsp3) is 0.222. The van der Waals surface area contributed by atoms with E-state index in [1.54, 1.807) is 6.07 Å². The smallest absolute Gasteiger partial charge is 0.259 e. The fourth-order valence-corrected chi connectivity index (χ4v) is 2.70. The number of pyridine rings is 1. The average molecular weight is 293 g/mol. The van der Waals surface area contributed by atoms with Gasteiger partial charge in [0.05, 0.1) is 11.3 Å². The first kappa shape index (κ1) is 14.3. The summed E-state index contributed by atoms with van der Waals surface area (Å²) >= 11 is 0. The number of carbonyl (C=O) groups excluding carboxylic acids is 1. The monoisotopic (exact) mass is 293 g/mol. The topological polar surface area (TPSA) is 46.4 Å². The first-order valence-electron chi connectivity index (χ1n) is 7.44. The zero-order chi connectivity index (χ0) is 15.7. The third kappa shape index (κ3) is 2.48. The maximum atomic E-state index is 12.7. The highest BCUT2D eigenvalue weighted by Crippen LogP contribution is 2.22. The highest BCUT2D eigenvalue weighted by Gasteiger charge is 2.14. The van der Waals surface area contributed by atoms with E-state index in [4.69, 9.17) is 0 Å². The zero-order valence-electron chi connectivity index (χ0n) is 13.1. The number of benzene rings is 1. The van der Waals surface area contributed by atoms with E-state index in [2.05, 4.69) is 17.2 Å². The van der Waals surface area contributed by atoms with Gasteiger partial charge in [0.15, 0.2) is 0 Å². The first-order chi connectivity index (χ1) is 10.6. The van der Waals surface area contributed by atoms with Crippen molar-refractivity contribution in [1.82, 2.24) is 9.38 Å². The summed E-state index contributed by atoms with van der Waals surface area (Å²) in [5, 5.41) is 3.06. The van der Waals surface area contributed by atoms with Crippen LogP contribution in [0.15, 0.2) is 42.7 Å². The van der Waals surface area contributed by atoms with Crippen molar-refractivity contribution in [3.63, 3.8) is 0 Å². The third-order valence-electron chi connectivity index (χ3n) is 3.83. The predicted molar refractivity (Wildman–Crippen MR) is 88.4 cm³/mol. The molecule has 0 aliphatic heterocycles. The number of fused-ring (bicyclic) bond motifs is 1. The van der Waals surface area contributed by atoms with Crippen LogP contribution in [0.2, 0.25) is 0 Å². The second kappa shape index (κ2) is 5.64. The molecule has 0 aliphatic carbocycles. The summed E-state index contributed by atoms with van der Waals surface area (Å²) in [4.78, 5) is 17.1. The third-order valence-corrected chi connectivity index (χ3v) is 3.83. The van der Waals surface area contributed by atoms with Crippen molar-refractivity contribution in [2.24, 2.45) is 0 Å². The molecule has 1 amide bonds. The molecule has 3 rings (SSSR count). The largest absolute Gasteiger partial charge is 0.321 e. The van der Waals surface area contributed by atoms with E-state index in [0.29, 0.717) is 11.2 Å². The van der Waals surface area contributed by atoms with E-state index in [0.717, 1.165) is 28.9 Å². The molecule has 2 heterocycles. The van der Waals surface area contributed by atoms with Crippen LogP contribution >= 0.6 is 0 Å². The molecule has 0 fully saturated rings. The molecular weight excluding hydrogens is 274 g/mol. The molecule has 0 aliphatic rings. The molecule has 0 saturated carbocycles. The highest BCUT2D eigenvalue weighted by atomic mass is 16.1. The summed E-state index contributed by atoms with van der Waals surface area (Å²) < 4.78 is 1.88. The van der Waals surface area contributed by atoms with Gasteiger partial charge in [0.2, 0.25) is 0 Å². The van der Waals surface area contributed by atoms with E-state index >= 15 is 0 Å². The lowest BCUT2D eigenvalue weighted by molar-refractivity contribution is 0.102. The number of anilines is 1. The Labute approximate surface area is 129 Å². The van der Waals surface area contributed by atoms with E-state index in [-0.39, 0.29) is 5.91 Å². The molecule has 4 heteroatoms. The van der Waals surface area contributed by atoms with Crippen LogP contribution < -0.4 is 5.32 Å². The van der Waals surface area contributed by atoms with Crippen LogP contribution in [-0.2, 0) is 6.42 Å². The summed E-state index contributed by atoms with van der Waals surface area (Å²) in [6.45, 7) is 6.02. The van der Waals surface area contributed by atoms with Crippen LogP contribution in [0.3, 0.4) is 0 Å². The molecule has 1 N–H and O–H groups in total. The maximum absolute atomic E-state index is 12.7. The van der Waals surface area contributed by atoms with Crippen molar-refractivity contribution in [2.75, 3.05) is 5.32 Å². The lowest BCUT2D eigenvalue weighted by Gasteiger charge is -2.13. The van der Waals surface area contributed by atoms with E-state index < -0.39 is 0 Å². The lowest BCUT2D eigenvalue weighted by atomic mass is 10.1. The molecule has 0 unspecified atom stereocenters. The maximum Gasteiger partial charge on any atom is 0.259 e. The molecule has 0 atom stereocenters. The summed E-state index contributed by atoms with van der Waals surface area (Å²) in [7, 11) is 0. The van der Waals surface area contributed by atoms with E-state index in [1.165, 1.54) is 0 Å². The Morgan fingerprint density at radius 2 is 2.05 bits per heavy atom. The van der Waals surface area contributed by atoms with E-state index in [1.807, 2.05) is 54.9 Å². The standard InChI is InChI=1S/C18H19N3O/c1-4-14-8-5-7-12(2)16(14)20-18(22)15-9-6-10-21-11-13(3)19-17(15)21/h5-11H,4H2,1-3H3,(H,20,22). The van der Waals surface area contributed by atoms with E-state index in [9.17, 15) is 4.79 Å². The van der Waals surface area contributed by atoms with Crippen molar-refractivity contribution in [3.05, 3.63) is 65.1 Å². The van der Waals surface area contributed by atoms with Gasteiger partial charge in [-0.15, -0.1) is 0 Å². The van der Waals surface area contributed by atoms with Gasteiger partial charge >= 0.3 is 0 Å². The van der Waals surface area contributed by atoms with Gasteiger partial charge in [-0.05, 0) is 43.5 Å². The number of para-hydroxylation sites is 1. The van der Waals surface area contributed by atoms with Gasteiger partial charge in [-0.2, -0.15) is 0 Å². The number of rotatable bonds is 3. The number of imidazole rings is 1. The van der Waals surface area contributed by atoms with Crippen LogP contribution in [0.4, 0.5) is 5.69 Å². The number of hydrogen-bond donors (Lipinski definition) is 1. The fourth-order valence-electron chi connectivity index (χ4n) is 2.70. The first-order valence-corrected chi connectivity index (χ1v) is 7.44. The lowest BCUT2D eigenvalue weighted by Crippen LogP contribution is -2.15. The van der Waals surface area contributed by atoms with Gasteiger partial charge in [-0.25, -0.2) is 4.98 Å². The summed E-state index contributed by atoms with van der Waals surface area (Å²) in [5.74, 6) is -0.125. The minimum atomic E-state index is -0.125. The number of nitrogens with one attached hydrogen (secondary N) is 1. The molecule has 112 valence electrons. The van der Waals surface area contributed by atoms with Crippen molar-refractivity contribution >= 4 is 17.2 Å². The van der Waals surface area contributed by atoms with Gasteiger partial charge in [0, 0.05) is 18.1 Å². The van der Waals surface area contributed by atoms with Crippen molar-refractivity contribution < 1.29 is 4.79 Å². The van der Waals surface area contributed by atoms with Gasteiger partial charge in [-0.3, -0.25) is 4.79 Å². The van der Waals surface area contributed by atoms with Gasteiger partial charge < -0.3 is 9.72 Å². The molecule has 1 aromatic carbocycles. The zero-order valence-corrected chi connectivity index (χ0v) is 13.1. The SMILES string of the molecule is CCc1cccc(C)c1NC(=O)c1cccn2cc(C)nc12. The molecular formula is C18H19N3O. The molecule has 0 radical (unpaired) electrons. The van der Waals surface area contributed by atoms with Crippen LogP contribution in [-0.4, -0.2) is 15.3 Å². The number of aryl methyl sites for hydroxylation is 3. The second-order valence-corrected chi connectivity index (χ2v) is 5.45. The highest BCUT2D eigenvalue weighted by molar-refractivity contribution is 6.08. The Morgan fingerprint density at radius 1 is 1.23 bits per heavy atom. The van der Waals surface area contributed by atoms with Gasteiger partial charge in [-0.1, -0.05) is 25.1 Å². The predicted octanol–water partition coefficient (Wildman–Crippen LogP) is 3.77. The summed E-state index contributed by atoms with van der Waals surface area (Å²) in [6.07, 6.45) is 4.69. The number of aromatic nitrogens is 2. The molecule has 0 spiro atoms. The molecule has 22 heavy (non-hydrogen) atoms. The summed E-state index contributed by atoms with van der Waals surface area (Å²) in [5.41, 5.74) is 5.27. The number of nitrogens with zero attached hydrogens (tertiary/aromatic N) is 2. The molecule has 4 nitrogen and oxygen atoms in total. The molecule has 2 aromatic heterocycles. The average Bonchev–Trinajstić information content (AvgIpc) is 2.89. The van der Waals surface area contributed by atoms with Crippen LogP contribution in [0.25, 0.3) is 5.65 Å². The second-order valence-electron chi connectivity index (χ2n) is 5.45. The van der Waals surface area contributed by atoms with Crippen molar-refractivity contribution in [3.8, 4) is 0 Å².